The van der Waals surface area contributed by atoms with Crippen LogP contribution in [0.1, 0.15) is 46.0 Å². The van der Waals surface area contributed by atoms with E-state index in [2.05, 4.69) is 38.0 Å². The number of thiazole rings is 1. The predicted molar refractivity (Wildman–Crippen MR) is 83.9 cm³/mol. The summed E-state index contributed by atoms with van der Waals surface area (Å²) in [5.74, 6) is 0. The average molecular weight is 297 g/mol. The van der Waals surface area contributed by atoms with Gasteiger partial charge in [0, 0.05) is 35.7 Å². The fraction of sp³-hybridized carbons (Fsp3) is 0.800. The smallest absolute Gasteiger partial charge is 0.112 e. The third-order valence-corrected chi connectivity index (χ3v) is 5.92. The maximum atomic E-state index is 6.60. The Balaban J connectivity index is 1.98. The lowest BCUT2D eigenvalue weighted by Crippen LogP contribution is -2.74. The molecule has 0 saturated heterocycles. The number of nitrogens with one attached hydrogen (secondary N) is 1. The topological polar surface area (TPSA) is 60.2 Å². The van der Waals surface area contributed by atoms with Crippen LogP contribution < -0.4 is 11.1 Å². The summed E-state index contributed by atoms with van der Waals surface area (Å²) < 4.78 is 5.77. The Morgan fingerprint density at radius 2 is 2.25 bits per heavy atom. The summed E-state index contributed by atoms with van der Waals surface area (Å²) in [5.41, 5.74) is 6.23. The third-order valence-electron chi connectivity index (χ3n) is 4.82. The van der Waals surface area contributed by atoms with Crippen LogP contribution in [-0.4, -0.2) is 29.8 Å². The first-order valence-electron chi connectivity index (χ1n) is 7.28. The van der Waals surface area contributed by atoms with E-state index in [4.69, 9.17) is 10.5 Å². The Hall–Kier alpha value is -0.490. The van der Waals surface area contributed by atoms with Crippen molar-refractivity contribution < 1.29 is 4.74 Å². The van der Waals surface area contributed by atoms with Crippen LogP contribution in [0.15, 0.2) is 11.6 Å². The monoisotopic (exact) mass is 297 g/mol. The normalized spacial score (nSPS) is 29.2. The van der Waals surface area contributed by atoms with Gasteiger partial charge in [0.25, 0.3) is 0 Å². The van der Waals surface area contributed by atoms with Gasteiger partial charge in [-0.15, -0.1) is 11.3 Å². The van der Waals surface area contributed by atoms with E-state index in [1.807, 2.05) is 18.5 Å². The molecule has 2 rings (SSSR count). The van der Waals surface area contributed by atoms with Crippen LogP contribution in [0.2, 0.25) is 0 Å². The fourth-order valence-corrected chi connectivity index (χ4v) is 3.53. The molecule has 1 aliphatic rings. The molecule has 1 aromatic heterocycles. The van der Waals surface area contributed by atoms with Crippen LogP contribution in [0.25, 0.3) is 0 Å². The molecule has 1 fully saturated rings. The van der Waals surface area contributed by atoms with Crippen molar-refractivity contribution in [1.29, 1.82) is 0 Å². The maximum Gasteiger partial charge on any atom is 0.112 e. The zero-order chi connectivity index (χ0) is 15.0. The highest BCUT2D eigenvalue weighted by molar-refractivity contribution is 7.09. The third kappa shape index (κ3) is 2.64. The molecule has 0 aromatic carbocycles. The van der Waals surface area contributed by atoms with Crippen LogP contribution in [0.3, 0.4) is 0 Å². The maximum absolute atomic E-state index is 6.60. The molecule has 5 heteroatoms. The lowest BCUT2D eigenvalue weighted by atomic mass is 9.54. The van der Waals surface area contributed by atoms with Gasteiger partial charge in [-0.3, -0.25) is 0 Å². The number of hydrogen-bond donors (Lipinski definition) is 2. The van der Waals surface area contributed by atoms with Crippen molar-refractivity contribution in [3.8, 4) is 0 Å². The summed E-state index contributed by atoms with van der Waals surface area (Å²) in [4.78, 5) is 4.40. The number of rotatable bonds is 6. The SMILES string of the molecule is CCOC1CC(N)(CNC(C)(C)c2nccs2)C1(C)C. The highest BCUT2D eigenvalue weighted by atomic mass is 32.1. The molecule has 2 atom stereocenters. The highest BCUT2D eigenvalue weighted by Crippen LogP contribution is 2.49. The summed E-state index contributed by atoms with van der Waals surface area (Å²) in [5, 5.41) is 6.70. The lowest BCUT2D eigenvalue weighted by Gasteiger charge is -2.59. The molecule has 1 heterocycles. The Morgan fingerprint density at radius 3 is 2.75 bits per heavy atom. The van der Waals surface area contributed by atoms with Crippen LogP contribution >= 0.6 is 11.3 Å². The van der Waals surface area contributed by atoms with E-state index in [9.17, 15) is 0 Å². The molecule has 0 spiro atoms. The molecule has 3 N–H and O–H groups in total. The van der Waals surface area contributed by atoms with Crippen LogP contribution in [-0.2, 0) is 10.3 Å². The van der Waals surface area contributed by atoms with Gasteiger partial charge in [-0.2, -0.15) is 0 Å². The molecule has 1 saturated carbocycles. The second kappa shape index (κ2) is 5.37. The van der Waals surface area contributed by atoms with Gasteiger partial charge in [-0.25, -0.2) is 4.98 Å². The molecule has 4 nitrogen and oxygen atoms in total. The number of ether oxygens (including phenoxy) is 1. The first kappa shape index (κ1) is 15.9. The summed E-state index contributed by atoms with van der Waals surface area (Å²) in [6.45, 7) is 12.3. The second-order valence-electron chi connectivity index (χ2n) is 6.84. The van der Waals surface area contributed by atoms with E-state index in [1.54, 1.807) is 11.3 Å². The minimum absolute atomic E-state index is 0.00499. The van der Waals surface area contributed by atoms with E-state index >= 15 is 0 Å². The van der Waals surface area contributed by atoms with E-state index in [0.717, 1.165) is 24.6 Å². The minimum Gasteiger partial charge on any atom is -0.378 e. The highest BCUT2D eigenvalue weighted by Gasteiger charge is 2.58. The first-order chi connectivity index (χ1) is 9.23. The lowest BCUT2D eigenvalue weighted by molar-refractivity contribution is -0.149. The van der Waals surface area contributed by atoms with Crippen LogP contribution in [0.4, 0.5) is 0 Å². The molecule has 0 aliphatic heterocycles. The summed E-state index contributed by atoms with van der Waals surface area (Å²) in [6, 6.07) is 0. The zero-order valence-electron chi connectivity index (χ0n) is 13.2. The predicted octanol–water partition coefficient (Wildman–Crippen LogP) is 2.50. The summed E-state index contributed by atoms with van der Waals surface area (Å²) in [7, 11) is 0. The molecule has 0 amide bonds. The average Bonchev–Trinajstić information content (AvgIpc) is 2.91. The Kier molecular flexibility index (Phi) is 4.27. The summed E-state index contributed by atoms with van der Waals surface area (Å²) >= 11 is 1.68. The fourth-order valence-electron chi connectivity index (χ4n) is 2.79. The van der Waals surface area contributed by atoms with E-state index in [-0.39, 0.29) is 22.6 Å². The van der Waals surface area contributed by atoms with Crippen molar-refractivity contribution >= 4 is 11.3 Å². The number of hydrogen-bond acceptors (Lipinski definition) is 5. The molecular formula is C15H27N3OS. The first-order valence-corrected chi connectivity index (χ1v) is 8.16. The number of nitrogens with zero attached hydrogens (tertiary/aromatic N) is 1. The number of nitrogens with two attached hydrogens (primary N) is 1. The molecule has 0 radical (unpaired) electrons. The van der Waals surface area contributed by atoms with Crippen molar-refractivity contribution in [3.63, 3.8) is 0 Å². The van der Waals surface area contributed by atoms with Crippen molar-refractivity contribution in [2.45, 2.75) is 58.2 Å². The summed E-state index contributed by atoms with van der Waals surface area (Å²) in [6.07, 6.45) is 3.02. The van der Waals surface area contributed by atoms with Crippen molar-refractivity contribution in [2.24, 2.45) is 11.1 Å². The van der Waals surface area contributed by atoms with Gasteiger partial charge in [0.1, 0.15) is 5.01 Å². The largest absolute Gasteiger partial charge is 0.378 e. The molecule has 0 bridgehead atoms. The van der Waals surface area contributed by atoms with Crippen LogP contribution in [0.5, 0.6) is 0 Å². The Bertz CT molecular complexity index is 444. The molecule has 20 heavy (non-hydrogen) atoms. The molecule has 2 unspecified atom stereocenters. The minimum atomic E-state index is -0.221. The Morgan fingerprint density at radius 1 is 1.55 bits per heavy atom. The van der Waals surface area contributed by atoms with Gasteiger partial charge in [-0.05, 0) is 27.2 Å². The van der Waals surface area contributed by atoms with E-state index < -0.39 is 0 Å². The zero-order valence-corrected chi connectivity index (χ0v) is 14.0. The molecule has 114 valence electrons. The number of aromatic nitrogens is 1. The van der Waals surface area contributed by atoms with Crippen molar-refractivity contribution in [3.05, 3.63) is 16.6 Å². The van der Waals surface area contributed by atoms with Crippen molar-refractivity contribution in [2.75, 3.05) is 13.2 Å². The van der Waals surface area contributed by atoms with Gasteiger partial charge in [-0.1, -0.05) is 13.8 Å². The van der Waals surface area contributed by atoms with Gasteiger partial charge < -0.3 is 15.8 Å². The van der Waals surface area contributed by atoms with Gasteiger partial charge in [0.2, 0.25) is 0 Å². The quantitative estimate of drug-likeness (QED) is 0.847. The van der Waals surface area contributed by atoms with E-state index in [1.165, 1.54) is 0 Å². The standard InChI is InChI=1S/C15H27N3OS/c1-6-19-11-9-15(16,13(11,2)3)10-18-14(4,5)12-17-7-8-20-12/h7-8,11,18H,6,9-10,16H2,1-5H3. The molecular weight excluding hydrogens is 270 g/mol. The van der Waals surface area contributed by atoms with Crippen molar-refractivity contribution in [1.82, 2.24) is 10.3 Å². The van der Waals surface area contributed by atoms with E-state index in [0.29, 0.717) is 0 Å². The Labute approximate surface area is 126 Å². The van der Waals surface area contributed by atoms with Crippen LogP contribution in [0, 0.1) is 5.41 Å². The second-order valence-corrected chi connectivity index (χ2v) is 7.74. The van der Waals surface area contributed by atoms with Gasteiger partial charge in [0.15, 0.2) is 0 Å². The van der Waals surface area contributed by atoms with Gasteiger partial charge >= 0.3 is 0 Å². The van der Waals surface area contributed by atoms with Gasteiger partial charge in [0.05, 0.1) is 11.6 Å². The molecule has 1 aliphatic carbocycles. The molecule has 1 aromatic rings.